The highest BCUT2D eigenvalue weighted by atomic mass is 16.5. The number of hydrogen-bond acceptors (Lipinski definition) is 4. The number of rotatable bonds is 5. The van der Waals surface area contributed by atoms with Gasteiger partial charge in [0, 0.05) is 18.7 Å². The zero-order valence-electron chi connectivity index (χ0n) is 17.4. The highest BCUT2D eigenvalue weighted by molar-refractivity contribution is 6.04. The van der Waals surface area contributed by atoms with E-state index >= 15 is 0 Å². The zero-order valence-corrected chi connectivity index (χ0v) is 17.4. The Balaban J connectivity index is 1.48. The Morgan fingerprint density at radius 1 is 1.14 bits per heavy atom. The average Bonchev–Trinajstić information content (AvgIpc) is 2.87. The lowest BCUT2D eigenvalue weighted by atomic mass is 10.1. The standard InChI is InChI=1S/C23H28N4O2/c1-15-8-7-9-16(2)21(15)29-13-11-24-23(28)18-14-17(3)25-22-20(18)26-19-10-5-4-6-12-27(19)22/h7-9,14H,4-6,10-13H2,1-3H3,(H,24,28). The van der Waals surface area contributed by atoms with Crippen molar-refractivity contribution in [3.8, 4) is 5.75 Å². The van der Waals surface area contributed by atoms with Crippen LogP contribution >= 0.6 is 0 Å². The van der Waals surface area contributed by atoms with Gasteiger partial charge >= 0.3 is 0 Å². The number of nitrogens with zero attached hydrogens (tertiary/aromatic N) is 3. The van der Waals surface area contributed by atoms with E-state index in [0.29, 0.717) is 24.2 Å². The van der Waals surface area contributed by atoms with Gasteiger partial charge in [-0.2, -0.15) is 0 Å². The second kappa shape index (κ2) is 8.23. The summed E-state index contributed by atoms with van der Waals surface area (Å²) in [6.45, 7) is 7.76. The summed E-state index contributed by atoms with van der Waals surface area (Å²) < 4.78 is 8.09. The molecule has 1 amide bonds. The molecule has 29 heavy (non-hydrogen) atoms. The maximum absolute atomic E-state index is 12.9. The summed E-state index contributed by atoms with van der Waals surface area (Å²) in [5.74, 6) is 1.81. The lowest BCUT2D eigenvalue weighted by Gasteiger charge is -2.12. The maximum Gasteiger partial charge on any atom is 0.253 e. The van der Waals surface area contributed by atoms with Crippen molar-refractivity contribution in [2.45, 2.75) is 53.0 Å². The number of carbonyl (C=O) groups excluding carboxylic acids is 1. The number of amides is 1. The van der Waals surface area contributed by atoms with Crippen LogP contribution in [-0.4, -0.2) is 33.6 Å². The van der Waals surface area contributed by atoms with Crippen molar-refractivity contribution in [1.82, 2.24) is 19.9 Å². The Kier molecular flexibility index (Phi) is 5.51. The van der Waals surface area contributed by atoms with Crippen molar-refractivity contribution in [3.05, 3.63) is 52.5 Å². The van der Waals surface area contributed by atoms with Crippen LogP contribution in [0.5, 0.6) is 5.75 Å². The van der Waals surface area contributed by atoms with Gasteiger partial charge in [0.1, 0.15) is 23.7 Å². The van der Waals surface area contributed by atoms with Crippen LogP contribution in [0.15, 0.2) is 24.3 Å². The van der Waals surface area contributed by atoms with Gasteiger partial charge in [-0.3, -0.25) is 4.79 Å². The lowest BCUT2D eigenvalue weighted by Crippen LogP contribution is -2.28. The van der Waals surface area contributed by atoms with Gasteiger partial charge in [0.15, 0.2) is 5.65 Å². The number of ether oxygens (including phenoxy) is 1. The maximum atomic E-state index is 12.9. The molecule has 0 bridgehead atoms. The first-order chi connectivity index (χ1) is 14.0. The Morgan fingerprint density at radius 3 is 2.72 bits per heavy atom. The van der Waals surface area contributed by atoms with E-state index < -0.39 is 0 Å². The van der Waals surface area contributed by atoms with Gasteiger partial charge in [-0.25, -0.2) is 9.97 Å². The zero-order chi connectivity index (χ0) is 20.4. The molecule has 0 radical (unpaired) electrons. The number of imidazole rings is 1. The van der Waals surface area contributed by atoms with Crippen molar-refractivity contribution < 1.29 is 9.53 Å². The number of carbonyl (C=O) groups is 1. The third-order valence-corrected chi connectivity index (χ3v) is 5.48. The molecule has 0 spiro atoms. The molecule has 1 aliphatic rings. The van der Waals surface area contributed by atoms with Gasteiger partial charge < -0.3 is 14.6 Å². The van der Waals surface area contributed by atoms with Crippen LogP contribution < -0.4 is 10.1 Å². The lowest BCUT2D eigenvalue weighted by molar-refractivity contribution is 0.0948. The van der Waals surface area contributed by atoms with Crippen molar-refractivity contribution in [2.75, 3.05) is 13.2 Å². The summed E-state index contributed by atoms with van der Waals surface area (Å²) in [6, 6.07) is 7.90. The number of fused-ring (bicyclic) bond motifs is 3. The van der Waals surface area contributed by atoms with E-state index in [4.69, 9.17) is 9.72 Å². The van der Waals surface area contributed by atoms with Crippen LogP contribution in [0.2, 0.25) is 0 Å². The third-order valence-electron chi connectivity index (χ3n) is 5.48. The monoisotopic (exact) mass is 392 g/mol. The normalized spacial score (nSPS) is 13.8. The van der Waals surface area contributed by atoms with E-state index in [2.05, 4.69) is 14.9 Å². The predicted molar refractivity (Wildman–Crippen MR) is 114 cm³/mol. The molecule has 4 rings (SSSR count). The van der Waals surface area contributed by atoms with Crippen molar-refractivity contribution in [3.63, 3.8) is 0 Å². The fourth-order valence-corrected chi connectivity index (χ4v) is 4.03. The number of hydrogen-bond donors (Lipinski definition) is 1. The molecule has 1 N–H and O–H groups in total. The van der Waals surface area contributed by atoms with Gasteiger partial charge in [0.05, 0.1) is 12.1 Å². The van der Waals surface area contributed by atoms with Crippen molar-refractivity contribution in [1.29, 1.82) is 0 Å². The molecule has 3 heterocycles. The Bertz CT molecular complexity index is 1030. The van der Waals surface area contributed by atoms with Crippen molar-refractivity contribution >= 4 is 17.1 Å². The third kappa shape index (κ3) is 3.97. The summed E-state index contributed by atoms with van der Waals surface area (Å²) in [5.41, 5.74) is 5.17. The SMILES string of the molecule is Cc1cc(C(=O)NCCOc2c(C)cccc2C)c2nc3n(c2n1)CCCCC3. The summed E-state index contributed by atoms with van der Waals surface area (Å²) >= 11 is 0. The first kappa shape index (κ1) is 19.4. The highest BCUT2D eigenvalue weighted by Gasteiger charge is 2.20. The minimum atomic E-state index is -0.126. The molecule has 3 aromatic rings. The molecular formula is C23H28N4O2. The molecule has 152 valence electrons. The second-order valence-corrected chi connectivity index (χ2v) is 7.80. The molecule has 0 saturated heterocycles. The quantitative estimate of drug-likeness (QED) is 0.669. The molecule has 0 fully saturated rings. The van der Waals surface area contributed by atoms with Crippen molar-refractivity contribution in [2.24, 2.45) is 0 Å². The van der Waals surface area contributed by atoms with Crippen LogP contribution in [0, 0.1) is 20.8 Å². The van der Waals surface area contributed by atoms with Crippen LogP contribution in [0.1, 0.15) is 52.3 Å². The van der Waals surface area contributed by atoms with E-state index in [1.807, 2.05) is 45.0 Å². The average molecular weight is 393 g/mol. The number of aromatic nitrogens is 3. The molecule has 0 saturated carbocycles. The Labute approximate surface area is 171 Å². The fraction of sp³-hybridized carbons (Fsp3) is 0.435. The number of pyridine rings is 1. The van der Waals surface area contributed by atoms with E-state index in [-0.39, 0.29) is 5.91 Å². The van der Waals surface area contributed by atoms with Crippen LogP contribution in [0.4, 0.5) is 0 Å². The first-order valence-corrected chi connectivity index (χ1v) is 10.4. The molecule has 1 aromatic carbocycles. The molecule has 0 atom stereocenters. The van der Waals surface area contributed by atoms with E-state index in [1.165, 1.54) is 6.42 Å². The number of nitrogens with one attached hydrogen (secondary N) is 1. The number of para-hydroxylation sites is 1. The van der Waals surface area contributed by atoms with E-state index in [0.717, 1.165) is 59.8 Å². The fourth-order valence-electron chi connectivity index (χ4n) is 4.03. The van der Waals surface area contributed by atoms with Gasteiger partial charge in [-0.1, -0.05) is 24.6 Å². The predicted octanol–water partition coefficient (Wildman–Crippen LogP) is 3.89. The summed E-state index contributed by atoms with van der Waals surface area (Å²) in [5, 5.41) is 2.98. The summed E-state index contributed by atoms with van der Waals surface area (Å²) in [7, 11) is 0. The second-order valence-electron chi connectivity index (χ2n) is 7.80. The molecule has 0 unspecified atom stereocenters. The summed E-state index contributed by atoms with van der Waals surface area (Å²) in [4.78, 5) is 22.4. The summed E-state index contributed by atoms with van der Waals surface area (Å²) in [6.07, 6.45) is 4.43. The minimum Gasteiger partial charge on any atom is -0.491 e. The van der Waals surface area contributed by atoms with Gasteiger partial charge in [0.2, 0.25) is 0 Å². The van der Waals surface area contributed by atoms with Gasteiger partial charge in [-0.05, 0) is 50.8 Å². The smallest absolute Gasteiger partial charge is 0.253 e. The van der Waals surface area contributed by atoms with Crippen LogP contribution in [0.3, 0.4) is 0 Å². The Hall–Kier alpha value is -2.89. The molecule has 6 heteroatoms. The van der Waals surface area contributed by atoms with Gasteiger partial charge in [-0.15, -0.1) is 0 Å². The molecule has 0 aliphatic carbocycles. The van der Waals surface area contributed by atoms with Crippen LogP contribution in [-0.2, 0) is 13.0 Å². The van der Waals surface area contributed by atoms with Gasteiger partial charge in [0.25, 0.3) is 5.91 Å². The number of benzene rings is 1. The largest absolute Gasteiger partial charge is 0.491 e. The molecule has 2 aromatic heterocycles. The van der Waals surface area contributed by atoms with E-state index in [9.17, 15) is 4.79 Å². The molecule has 6 nitrogen and oxygen atoms in total. The Morgan fingerprint density at radius 2 is 1.93 bits per heavy atom. The molecule has 1 aliphatic heterocycles. The van der Waals surface area contributed by atoms with Crippen LogP contribution in [0.25, 0.3) is 11.2 Å². The highest BCUT2D eigenvalue weighted by Crippen LogP contribution is 2.24. The minimum absolute atomic E-state index is 0.126. The topological polar surface area (TPSA) is 69.0 Å². The number of aryl methyl sites for hydroxylation is 5. The van der Waals surface area contributed by atoms with E-state index in [1.54, 1.807) is 0 Å². The first-order valence-electron chi connectivity index (χ1n) is 10.4. The molecular weight excluding hydrogens is 364 g/mol.